The van der Waals surface area contributed by atoms with Crippen LogP contribution in [0, 0.1) is 32.6 Å². The molecule has 3 nitrogen and oxygen atoms in total. The maximum atomic E-state index is 9.35. The van der Waals surface area contributed by atoms with Crippen LogP contribution >= 0.6 is 0 Å². The van der Waals surface area contributed by atoms with Crippen molar-refractivity contribution in [3.8, 4) is 5.75 Å². The van der Waals surface area contributed by atoms with Crippen molar-refractivity contribution in [2.75, 3.05) is 20.3 Å². The van der Waals surface area contributed by atoms with E-state index in [0.29, 0.717) is 12.5 Å². The number of methoxy groups -OCH3 is 1. The van der Waals surface area contributed by atoms with E-state index in [-0.39, 0.29) is 12.5 Å². The Morgan fingerprint density at radius 1 is 1.26 bits per heavy atom. The Balaban J connectivity index is 3.05. The fourth-order valence-electron chi connectivity index (χ4n) is 2.60. The second-order valence-corrected chi connectivity index (χ2v) is 5.48. The summed E-state index contributed by atoms with van der Waals surface area (Å²) in [6.45, 7) is 9.20. The number of rotatable bonds is 6. The van der Waals surface area contributed by atoms with Crippen LogP contribution in [0.15, 0.2) is 6.07 Å². The van der Waals surface area contributed by atoms with Gasteiger partial charge in [-0.25, -0.2) is 0 Å². The number of aliphatic hydroxyl groups excluding tert-OH is 1. The van der Waals surface area contributed by atoms with Gasteiger partial charge in [-0.2, -0.15) is 0 Å². The molecule has 1 rings (SSSR count). The van der Waals surface area contributed by atoms with E-state index in [9.17, 15) is 5.11 Å². The maximum absolute atomic E-state index is 9.35. The van der Waals surface area contributed by atoms with Crippen LogP contribution in [0.4, 0.5) is 0 Å². The van der Waals surface area contributed by atoms with E-state index in [4.69, 9.17) is 10.5 Å². The number of aryl methyl sites for hydroxylation is 1. The largest absolute Gasteiger partial charge is 0.496 e. The average molecular weight is 265 g/mol. The lowest BCUT2D eigenvalue weighted by atomic mass is 9.84. The summed E-state index contributed by atoms with van der Waals surface area (Å²) >= 11 is 0. The van der Waals surface area contributed by atoms with Gasteiger partial charge in [-0.15, -0.1) is 0 Å². The first-order valence-electron chi connectivity index (χ1n) is 6.90. The first-order valence-corrected chi connectivity index (χ1v) is 6.90. The summed E-state index contributed by atoms with van der Waals surface area (Å²) in [6, 6.07) is 2.10. The Labute approximate surface area is 116 Å². The molecule has 0 heterocycles. The summed E-state index contributed by atoms with van der Waals surface area (Å²) < 4.78 is 5.40. The fraction of sp³-hybridized carbons (Fsp3) is 0.625. The lowest BCUT2D eigenvalue weighted by Gasteiger charge is -2.23. The van der Waals surface area contributed by atoms with Gasteiger partial charge in [0, 0.05) is 6.61 Å². The Hall–Kier alpha value is -1.06. The van der Waals surface area contributed by atoms with E-state index in [1.54, 1.807) is 7.11 Å². The molecule has 0 saturated carbocycles. The van der Waals surface area contributed by atoms with E-state index < -0.39 is 0 Å². The zero-order chi connectivity index (χ0) is 14.6. The highest BCUT2D eigenvalue weighted by atomic mass is 16.5. The molecule has 108 valence electrons. The Bertz CT molecular complexity index is 425. The van der Waals surface area contributed by atoms with E-state index in [0.717, 1.165) is 12.2 Å². The molecule has 3 N–H and O–H groups in total. The summed E-state index contributed by atoms with van der Waals surface area (Å²) in [7, 11) is 1.71. The van der Waals surface area contributed by atoms with Gasteiger partial charge in [0.05, 0.1) is 7.11 Å². The summed E-state index contributed by atoms with van der Waals surface area (Å²) in [5.74, 6) is 1.49. The van der Waals surface area contributed by atoms with E-state index >= 15 is 0 Å². The van der Waals surface area contributed by atoms with Crippen molar-refractivity contribution >= 4 is 0 Å². The van der Waals surface area contributed by atoms with Crippen molar-refractivity contribution in [1.82, 2.24) is 0 Å². The van der Waals surface area contributed by atoms with Gasteiger partial charge in [0.2, 0.25) is 0 Å². The third-order valence-electron chi connectivity index (χ3n) is 4.30. The van der Waals surface area contributed by atoms with Crippen LogP contribution in [0.2, 0.25) is 0 Å². The lowest BCUT2D eigenvalue weighted by Crippen LogP contribution is -2.26. The molecule has 2 unspecified atom stereocenters. The van der Waals surface area contributed by atoms with Crippen molar-refractivity contribution in [2.24, 2.45) is 17.6 Å². The van der Waals surface area contributed by atoms with Crippen molar-refractivity contribution < 1.29 is 9.84 Å². The Morgan fingerprint density at radius 2 is 1.89 bits per heavy atom. The molecule has 0 aliphatic carbocycles. The number of benzene rings is 1. The van der Waals surface area contributed by atoms with Gasteiger partial charge in [0.25, 0.3) is 0 Å². The minimum atomic E-state index is 0.158. The fourth-order valence-corrected chi connectivity index (χ4v) is 2.60. The number of hydrogen-bond donors (Lipinski definition) is 2. The van der Waals surface area contributed by atoms with Gasteiger partial charge in [-0.1, -0.05) is 6.92 Å². The first-order chi connectivity index (χ1) is 8.96. The van der Waals surface area contributed by atoms with Crippen LogP contribution in [0.1, 0.15) is 29.2 Å². The highest BCUT2D eigenvalue weighted by Crippen LogP contribution is 2.30. The molecule has 19 heavy (non-hydrogen) atoms. The first kappa shape index (κ1) is 16.0. The summed E-state index contributed by atoms with van der Waals surface area (Å²) in [4.78, 5) is 0. The van der Waals surface area contributed by atoms with Crippen molar-refractivity contribution in [3.63, 3.8) is 0 Å². The second-order valence-electron chi connectivity index (χ2n) is 5.48. The molecule has 0 spiro atoms. The van der Waals surface area contributed by atoms with Crippen LogP contribution in [0.5, 0.6) is 5.75 Å². The zero-order valence-electron chi connectivity index (χ0n) is 12.8. The Kier molecular flexibility index (Phi) is 5.83. The average Bonchev–Trinajstić information content (AvgIpc) is 2.40. The summed E-state index contributed by atoms with van der Waals surface area (Å²) in [5, 5.41) is 9.35. The van der Waals surface area contributed by atoms with E-state index in [1.807, 2.05) is 0 Å². The quantitative estimate of drug-likeness (QED) is 0.830. The molecule has 1 aromatic rings. The highest BCUT2D eigenvalue weighted by Gasteiger charge is 2.19. The van der Waals surface area contributed by atoms with Crippen LogP contribution in [0.25, 0.3) is 0 Å². The SMILES string of the molecule is COc1cc(C)c(CC(C)C(CN)CO)c(C)c1C. The van der Waals surface area contributed by atoms with Crippen molar-refractivity contribution in [3.05, 3.63) is 28.3 Å². The standard InChI is InChI=1S/C16H27NO2/c1-10(14(8-17)9-18)6-15-11(2)7-16(19-5)13(4)12(15)3/h7,10,14,18H,6,8-9,17H2,1-5H3. The topological polar surface area (TPSA) is 55.5 Å². The minimum Gasteiger partial charge on any atom is -0.496 e. The van der Waals surface area contributed by atoms with Crippen molar-refractivity contribution in [1.29, 1.82) is 0 Å². The number of aliphatic hydroxyl groups is 1. The van der Waals surface area contributed by atoms with Crippen LogP contribution in [0.3, 0.4) is 0 Å². The molecule has 0 aromatic heterocycles. The van der Waals surface area contributed by atoms with Gasteiger partial charge < -0.3 is 15.6 Å². The van der Waals surface area contributed by atoms with Crippen molar-refractivity contribution in [2.45, 2.75) is 34.1 Å². The zero-order valence-corrected chi connectivity index (χ0v) is 12.8. The van der Waals surface area contributed by atoms with Crippen LogP contribution < -0.4 is 10.5 Å². The molecule has 3 heteroatoms. The van der Waals surface area contributed by atoms with Crippen LogP contribution in [-0.2, 0) is 6.42 Å². The van der Waals surface area contributed by atoms with E-state index in [2.05, 4.69) is 33.8 Å². The monoisotopic (exact) mass is 265 g/mol. The molecule has 0 aliphatic heterocycles. The molecule has 0 bridgehead atoms. The van der Waals surface area contributed by atoms with Gasteiger partial charge in [0.15, 0.2) is 0 Å². The number of nitrogens with two attached hydrogens (primary N) is 1. The summed E-state index contributed by atoms with van der Waals surface area (Å²) in [6.07, 6.45) is 0.949. The second kappa shape index (κ2) is 6.92. The molecule has 0 aliphatic rings. The molecule has 0 radical (unpaired) electrons. The molecule has 2 atom stereocenters. The highest BCUT2D eigenvalue weighted by molar-refractivity contribution is 5.48. The normalized spacial score (nSPS) is 14.3. The molecular weight excluding hydrogens is 238 g/mol. The third-order valence-corrected chi connectivity index (χ3v) is 4.30. The molecule has 0 saturated heterocycles. The Morgan fingerprint density at radius 3 is 2.37 bits per heavy atom. The minimum absolute atomic E-state index is 0.158. The maximum Gasteiger partial charge on any atom is 0.122 e. The number of hydrogen-bond acceptors (Lipinski definition) is 3. The van der Waals surface area contributed by atoms with Gasteiger partial charge in [-0.3, -0.25) is 0 Å². The molecular formula is C16H27NO2. The predicted molar refractivity (Wildman–Crippen MR) is 79.7 cm³/mol. The smallest absolute Gasteiger partial charge is 0.122 e. The van der Waals surface area contributed by atoms with Gasteiger partial charge in [-0.05, 0) is 73.9 Å². The summed E-state index contributed by atoms with van der Waals surface area (Å²) in [5.41, 5.74) is 10.8. The molecule has 1 aromatic carbocycles. The van der Waals surface area contributed by atoms with Gasteiger partial charge in [0.1, 0.15) is 5.75 Å². The molecule has 0 amide bonds. The molecule has 0 fully saturated rings. The van der Waals surface area contributed by atoms with E-state index in [1.165, 1.54) is 22.3 Å². The van der Waals surface area contributed by atoms with Gasteiger partial charge >= 0.3 is 0 Å². The third kappa shape index (κ3) is 3.48. The predicted octanol–water partition coefficient (Wildman–Crippen LogP) is 2.37. The number of ether oxygens (including phenoxy) is 1. The lowest BCUT2D eigenvalue weighted by molar-refractivity contribution is 0.187. The van der Waals surface area contributed by atoms with Crippen LogP contribution in [-0.4, -0.2) is 25.4 Å².